The summed E-state index contributed by atoms with van der Waals surface area (Å²) in [6, 6.07) is 4.46. The molecule has 19 heavy (non-hydrogen) atoms. The van der Waals surface area contributed by atoms with E-state index in [9.17, 15) is 0 Å². The fourth-order valence-electron chi connectivity index (χ4n) is 2.58. The van der Waals surface area contributed by atoms with E-state index in [-0.39, 0.29) is 0 Å². The second-order valence-electron chi connectivity index (χ2n) is 5.67. The Balaban J connectivity index is 2.07. The number of hydrogen-bond acceptors (Lipinski definition) is 0. The predicted octanol–water partition coefficient (Wildman–Crippen LogP) is 5.07. The van der Waals surface area contributed by atoms with Crippen molar-refractivity contribution in [2.75, 3.05) is 0 Å². The molecule has 0 bridgehead atoms. The number of nitrogens with zero attached hydrogens (tertiary/aromatic N) is 1. The molecule has 1 heterocycles. The Kier molecular flexibility index (Phi) is 9.40. The van der Waals surface area contributed by atoms with E-state index >= 15 is 0 Å². The lowest BCUT2D eigenvalue weighted by atomic mass is 10.1. The highest BCUT2D eigenvalue weighted by Gasteiger charge is 2.01. The smallest absolute Gasteiger partial charge is 0.171 e. The van der Waals surface area contributed by atoms with Crippen molar-refractivity contribution in [3.05, 3.63) is 30.1 Å². The fourth-order valence-corrected chi connectivity index (χ4v) is 2.58. The van der Waals surface area contributed by atoms with Crippen molar-refractivity contribution in [2.24, 2.45) is 0 Å². The molecule has 0 unspecified atom stereocenters. The summed E-state index contributed by atoms with van der Waals surface area (Å²) in [5.41, 5.74) is 1.50. The topological polar surface area (TPSA) is 3.88 Å². The van der Waals surface area contributed by atoms with Crippen LogP contribution in [0.5, 0.6) is 0 Å². The second-order valence-corrected chi connectivity index (χ2v) is 5.67. The van der Waals surface area contributed by atoms with Gasteiger partial charge in [0.1, 0.15) is 6.54 Å². The summed E-state index contributed by atoms with van der Waals surface area (Å²) < 4.78 is 2.32. The van der Waals surface area contributed by atoms with Crippen molar-refractivity contribution >= 4 is 0 Å². The van der Waals surface area contributed by atoms with Crippen LogP contribution >= 0.6 is 0 Å². The SMILES string of the molecule is CCCCCCCCCCc1ccc[n+](CCC)c1. The molecule has 0 saturated heterocycles. The van der Waals surface area contributed by atoms with E-state index in [1.54, 1.807) is 0 Å². The average molecular weight is 262 g/mol. The van der Waals surface area contributed by atoms with Crippen molar-refractivity contribution in [3.63, 3.8) is 0 Å². The van der Waals surface area contributed by atoms with Gasteiger partial charge in [0.25, 0.3) is 0 Å². The Morgan fingerprint density at radius 1 is 0.842 bits per heavy atom. The molecule has 0 saturated carbocycles. The van der Waals surface area contributed by atoms with Crippen LogP contribution in [0.15, 0.2) is 24.5 Å². The van der Waals surface area contributed by atoms with Gasteiger partial charge in [-0.2, -0.15) is 0 Å². The molecular formula is C18H32N+. The lowest BCUT2D eigenvalue weighted by molar-refractivity contribution is -0.697. The van der Waals surface area contributed by atoms with Gasteiger partial charge in [-0.3, -0.25) is 0 Å². The quantitative estimate of drug-likeness (QED) is 0.387. The Morgan fingerprint density at radius 2 is 1.53 bits per heavy atom. The van der Waals surface area contributed by atoms with Crippen molar-refractivity contribution in [2.45, 2.75) is 84.6 Å². The monoisotopic (exact) mass is 262 g/mol. The summed E-state index contributed by atoms with van der Waals surface area (Å²) in [5.74, 6) is 0. The summed E-state index contributed by atoms with van der Waals surface area (Å²) in [7, 11) is 0. The maximum absolute atomic E-state index is 2.32. The summed E-state index contributed by atoms with van der Waals surface area (Å²) in [5, 5.41) is 0. The number of hydrogen-bond donors (Lipinski definition) is 0. The molecule has 1 nitrogen and oxygen atoms in total. The highest BCUT2D eigenvalue weighted by Crippen LogP contribution is 2.10. The summed E-state index contributed by atoms with van der Waals surface area (Å²) in [4.78, 5) is 0. The zero-order valence-corrected chi connectivity index (χ0v) is 13.0. The van der Waals surface area contributed by atoms with Crippen LogP contribution in [0.25, 0.3) is 0 Å². The van der Waals surface area contributed by atoms with Gasteiger partial charge in [0, 0.05) is 18.1 Å². The van der Waals surface area contributed by atoms with Crippen LogP contribution in [0.2, 0.25) is 0 Å². The minimum atomic E-state index is 1.14. The molecule has 0 amide bonds. The van der Waals surface area contributed by atoms with Crippen molar-refractivity contribution in [1.29, 1.82) is 0 Å². The van der Waals surface area contributed by atoms with Crippen molar-refractivity contribution < 1.29 is 4.57 Å². The Hall–Kier alpha value is -0.850. The van der Waals surface area contributed by atoms with Gasteiger partial charge >= 0.3 is 0 Å². The third kappa shape index (κ3) is 8.02. The molecule has 0 aliphatic rings. The third-order valence-corrected chi connectivity index (χ3v) is 3.72. The first-order chi connectivity index (χ1) is 9.36. The van der Waals surface area contributed by atoms with Gasteiger partial charge in [-0.05, 0) is 18.9 Å². The minimum Gasteiger partial charge on any atom is -0.205 e. The molecule has 0 N–H and O–H groups in total. The maximum atomic E-state index is 2.32. The molecule has 0 atom stereocenters. The molecule has 0 spiro atoms. The molecule has 0 aliphatic heterocycles. The molecule has 1 rings (SSSR count). The standard InChI is InChI=1S/C18H32N/c1-3-5-6-7-8-9-10-11-13-18-14-12-16-19(17-18)15-4-2/h12,14,16-17H,3-11,13,15H2,1-2H3/q+1. The Morgan fingerprint density at radius 3 is 2.21 bits per heavy atom. The first-order valence-electron chi connectivity index (χ1n) is 8.34. The van der Waals surface area contributed by atoms with E-state index in [4.69, 9.17) is 0 Å². The molecule has 1 aromatic heterocycles. The van der Waals surface area contributed by atoms with Crippen LogP contribution in [0.3, 0.4) is 0 Å². The van der Waals surface area contributed by atoms with Gasteiger partial charge in [-0.25, -0.2) is 4.57 Å². The van der Waals surface area contributed by atoms with Crippen molar-refractivity contribution in [1.82, 2.24) is 0 Å². The first-order valence-corrected chi connectivity index (χ1v) is 8.34. The predicted molar refractivity (Wildman–Crippen MR) is 83.2 cm³/mol. The van der Waals surface area contributed by atoms with Crippen LogP contribution in [0.4, 0.5) is 0 Å². The van der Waals surface area contributed by atoms with Crippen LogP contribution in [0.1, 0.15) is 77.2 Å². The molecule has 1 heteroatoms. The molecule has 0 aliphatic carbocycles. The van der Waals surface area contributed by atoms with Crippen molar-refractivity contribution in [3.8, 4) is 0 Å². The van der Waals surface area contributed by atoms with E-state index < -0.39 is 0 Å². The molecule has 0 radical (unpaired) electrons. The summed E-state index contributed by atoms with van der Waals surface area (Å²) >= 11 is 0. The second kappa shape index (κ2) is 11.0. The van der Waals surface area contributed by atoms with Crippen LogP contribution in [0, 0.1) is 0 Å². The molecule has 0 aromatic carbocycles. The summed E-state index contributed by atoms with van der Waals surface area (Å²) in [6.07, 6.45) is 18.2. The van der Waals surface area contributed by atoms with E-state index in [1.165, 1.54) is 69.8 Å². The fraction of sp³-hybridized carbons (Fsp3) is 0.722. The number of rotatable bonds is 11. The largest absolute Gasteiger partial charge is 0.205 e. The average Bonchev–Trinajstić information content (AvgIpc) is 2.43. The van der Waals surface area contributed by atoms with E-state index in [2.05, 4.69) is 42.9 Å². The van der Waals surface area contributed by atoms with E-state index in [0.29, 0.717) is 0 Å². The lowest BCUT2D eigenvalue weighted by Crippen LogP contribution is -2.32. The minimum absolute atomic E-state index is 1.14. The number of aryl methyl sites for hydroxylation is 2. The highest BCUT2D eigenvalue weighted by atomic mass is 14.9. The third-order valence-electron chi connectivity index (χ3n) is 3.72. The molecule has 0 fully saturated rings. The number of pyridine rings is 1. The van der Waals surface area contributed by atoms with Gasteiger partial charge in [-0.1, -0.05) is 58.8 Å². The van der Waals surface area contributed by atoms with Crippen LogP contribution in [-0.4, -0.2) is 0 Å². The number of aromatic nitrogens is 1. The van der Waals surface area contributed by atoms with E-state index in [1.807, 2.05) is 0 Å². The van der Waals surface area contributed by atoms with E-state index in [0.717, 1.165) is 6.54 Å². The maximum Gasteiger partial charge on any atom is 0.171 e. The Labute approximate surface area is 120 Å². The van der Waals surface area contributed by atoms with Crippen LogP contribution < -0.4 is 4.57 Å². The molecular weight excluding hydrogens is 230 g/mol. The normalized spacial score (nSPS) is 10.8. The van der Waals surface area contributed by atoms with Gasteiger partial charge in [-0.15, -0.1) is 0 Å². The molecule has 1 aromatic rings. The van der Waals surface area contributed by atoms with Gasteiger partial charge in [0.2, 0.25) is 0 Å². The summed E-state index contributed by atoms with van der Waals surface area (Å²) in [6.45, 7) is 5.66. The zero-order valence-electron chi connectivity index (χ0n) is 13.0. The highest BCUT2D eigenvalue weighted by molar-refractivity contribution is 5.05. The molecule has 108 valence electrons. The lowest BCUT2D eigenvalue weighted by Gasteiger charge is -2.02. The van der Waals surface area contributed by atoms with Gasteiger partial charge < -0.3 is 0 Å². The zero-order chi connectivity index (χ0) is 13.8. The van der Waals surface area contributed by atoms with Crippen LogP contribution in [-0.2, 0) is 13.0 Å². The van der Waals surface area contributed by atoms with Gasteiger partial charge in [0.05, 0.1) is 0 Å². The Bertz CT molecular complexity index is 319. The number of unbranched alkanes of at least 4 members (excludes halogenated alkanes) is 7. The van der Waals surface area contributed by atoms with Gasteiger partial charge in [0.15, 0.2) is 12.4 Å². The first kappa shape index (κ1) is 16.2.